The van der Waals surface area contributed by atoms with Gasteiger partial charge in [0, 0.05) is 11.6 Å². The van der Waals surface area contributed by atoms with Gasteiger partial charge in [0.05, 0.1) is 6.61 Å². The number of hydrogen-bond donors (Lipinski definition) is 2. The Morgan fingerprint density at radius 3 is 2.38 bits per heavy atom. The highest BCUT2D eigenvalue weighted by Crippen LogP contribution is 2.43. The van der Waals surface area contributed by atoms with Crippen LogP contribution in [0.25, 0.3) is 0 Å². The molecule has 0 saturated heterocycles. The van der Waals surface area contributed by atoms with Crippen molar-refractivity contribution < 1.29 is 17.9 Å². The van der Waals surface area contributed by atoms with E-state index in [1.807, 2.05) is 35.8 Å². The molecule has 26 heavy (non-hydrogen) atoms. The average molecular weight is 365 g/mol. The molecule has 0 spiro atoms. The van der Waals surface area contributed by atoms with E-state index < -0.39 is 17.6 Å². The zero-order chi connectivity index (χ0) is 18.6. The largest absolute Gasteiger partial charge is 0.492 e. The Labute approximate surface area is 150 Å². The van der Waals surface area contributed by atoms with E-state index in [0.717, 1.165) is 37.7 Å². The van der Waals surface area contributed by atoms with Crippen molar-refractivity contribution in [1.29, 1.82) is 0 Å². The number of pyridine rings is 1. The molecule has 140 valence electrons. The molecule has 1 aliphatic carbocycles. The van der Waals surface area contributed by atoms with Gasteiger partial charge in [-0.3, -0.25) is 0 Å². The maximum atomic E-state index is 13.5. The standard InChI is InChI=1S/C19H22F3N3O/c20-19(21,22)16-15(9-12-24-17(16)25-23)26-13-18(10-5-2-6-11-18)14-7-3-1-4-8-14/h1,3-4,7-9,12H,2,5-6,10-11,13,23H2,(H,24,25). The summed E-state index contributed by atoms with van der Waals surface area (Å²) in [5.74, 6) is 4.52. The molecule has 1 aromatic carbocycles. The van der Waals surface area contributed by atoms with E-state index in [1.165, 1.54) is 12.3 Å². The first-order chi connectivity index (χ1) is 12.5. The maximum absolute atomic E-state index is 13.5. The van der Waals surface area contributed by atoms with Crippen LogP contribution in [0.3, 0.4) is 0 Å². The molecule has 0 atom stereocenters. The number of nitrogen functional groups attached to an aromatic ring is 1. The second-order valence-electron chi connectivity index (χ2n) is 6.67. The van der Waals surface area contributed by atoms with Crippen LogP contribution in [0.4, 0.5) is 19.0 Å². The number of benzene rings is 1. The second kappa shape index (κ2) is 7.53. The zero-order valence-electron chi connectivity index (χ0n) is 14.4. The molecule has 0 amide bonds. The Bertz CT molecular complexity index is 729. The summed E-state index contributed by atoms with van der Waals surface area (Å²) in [7, 11) is 0. The molecule has 0 bridgehead atoms. The first kappa shape index (κ1) is 18.5. The zero-order valence-corrected chi connectivity index (χ0v) is 14.4. The Morgan fingerprint density at radius 2 is 1.77 bits per heavy atom. The SMILES string of the molecule is NNc1nccc(OCC2(c3ccccc3)CCCCC2)c1C(F)(F)F. The van der Waals surface area contributed by atoms with Crippen molar-refractivity contribution in [3.63, 3.8) is 0 Å². The van der Waals surface area contributed by atoms with E-state index in [2.05, 4.69) is 4.98 Å². The highest BCUT2D eigenvalue weighted by atomic mass is 19.4. The fourth-order valence-corrected chi connectivity index (χ4v) is 3.70. The van der Waals surface area contributed by atoms with Gasteiger partial charge < -0.3 is 10.2 Å². The van der Waals surface area contributed by atoms with Gasteiger partial charge in [-0.2, -0.15) is 13.2 Å². The second-order valence-corrected chi connectivity index (χ2v) is 6.67. The average Bonchev–Trinajstić information content (AvgIpc) is 2.66. The third-order valence-corrected chi connectivity index (χ3v) is 5.03. The quantitative estimate of drug-likeness (QED) is 0.597. The number of nitrogens with zero attached hydrogens (tertiary/aromatic N) is 1. The van der Waals surface area contributed by atoms with E-state index >= 15 is 0 Å². The molecular formula is C19H22F3N3O. The monoisotopic (exact) mass is 365 g/mol. The van der Waals surface area contributed by atoms with Crippen molar-refractivity contribution in [2.75, 3.05) is 12.0 Å². The fraction of sp³-hybridized carbons (Fsp3) is 0.421. The van der Waals surface area contributed by atoms with Crippen LogP contribution in [-0.4, -0.2) is 11.6 Å². The number of ether oxygens (including phenoxy) is 1. The van der Waals surface area contributed by atoms with Crippen LogP contribution in [0.5, 0.6) is 5.75 Å². The number of alkyl halides is 3. The lowest BCUT2D eigenvalue weighted by Crippen LogP contribution is -2.36. The normalized spacial score (nSPS) is 16.9. The predicted molar refractivity (Wildman–Crippen MR) is 93.7 cm³/mol. The van der Waals surface area contributed by atoms with Gasteiger partial charge >= 0.3 is 6.18 Å². The molecule has 3 rings (SSSR count). The van der Waals surface area contributed by atoms with Gasteiger partial charge in [-0.25, -0.2) is 10.8 Å². The summed E-state index contributed by atoms with van der Waals surface area (Å²) in [5, 5.41) is 0. The predicted octanol–water partition coefficient (Wildman–Crippen LogP) is 4.67. The van der Waals surface area contributed by atoms with Gasteiger partial charge in [-0.15, -0.1) is 0 Å². The summed E-state index contributed by atoms with van der Waals surface area (Å²) in [6.07, 6.45) is 1.65. The maximum Gasteiger partial charge on any atom is 0.423 e. The van der Waals surface area contributed by atoms with Crippen molar-refractivity contribution in [2.45, 2.75) is 43.7 Å². The number of nitrogens with one attached hydrogen (secondary N) is 1. The molecule has 1 heterocycles. The van der Waals surface area contributed by atoms with Gasteiger partial charge in [-0.1, -0.05) is 49.6 Å². The fourth-order valence-electron chi connectivity index (χ4n) is 3.70. The minimum absolute atomic E-state index is 0.189. The highest BCUT2D eigenvalue weighted by molar-refractivity contribution is 5.52. The summed E-state index contributed by atoms with van der Waals surface area (Å²) in [6, 6.07) is 11.1. The molecule has 2 aromatic rings. The lowest BCUT2D eigenvalue weighted by atomic mass is 9.70. The van der Waals surface area contributed by atoms with Crippen LogP contribution in [0.1, 0.15) is 43.2 Å². The number of nitrogens with two attached hydrogens (primary N) is 1. The Hall–Kier alpha value is -2.28. The Balaban J connectivity index is 1.91. The van der Waals surface area contributed by atoms with Crippen molar-refractivity contribution in [3.05, 3.63) is 53.7 Å². The first-order valence-corrected chi connectivity index (χ1v) is 8.67. The number of rotatable bonds is 5. The van der Waals surface area contributed by atoms with Crippen LogP contribution in [0, 0.1) is 0 Å². The molecule has 0 unspecified atom stereocenters. The van der Waals surface area contributed by atoms with Crippen LogP contribution in [-0.2, 0) is 11.6 Å². The molecule has 1 aliphatic rings. The van der Waals surface area contributed by atoms with Crippen molar-refractivity contribution in [3.8, 4) is 5.75 Å². The minimum atomic E-state index is -4.61. The van der Waals surface area contributed by atoms with E-state index in [-0.39, 0.29) is 17.8 Å². The van der Waals surface area contributed by atoms with E-state index in [4.69, 9.17) is 10.6 Å². The lowest BCUT2D eigenvalue weighted by molar-refractivity contribution is -0.138. The molecule has 0 aliphatic heterocycles. The Kier molecular flexibility index (Phi) is 5.36. The van der Waals surface area contributed by atoms with Gasteiger partial charge in [0.15, 0.2) is 5.82 Å². The van der Waals surface area contributed by atoms with Gasteiger partial charge in [0.25, 0.3) is 0 Å². The lowest BCUT2D eigenvalue weighted by Gasteiger charge is -2.37. The smallest absolute Gasteiger partial charge is 0.423 e. The summed E-state index contributed by atoms with van der Waals surface area (Å²) in [5.41, 5.74) is 1.87. The Morgan fingerprint density at radius 1 is 1.08 bits per heavy atom. The first-order valence-electron chi connectivity index (χ1n) is 8.67. The van der Waals surface area contributed by atoms with Crippen LogP contribution in [0.15, 0.2) is 42.6 Å². The van der Waals surface area contributed by atoms with Gasteiger partial charge in [-0.05, 0) is 24.5 Å². The summed E-state index contributed by atoms with van der Waals surface area (Å²) >= 11 is 0. The topological polar surface area (TPSA) is 60.2 Å². The number of halogens is 3. The molecule has 1 fully saturated rings. The van der Waals surface area contributed by atoms with Gasteiger partial charge in [0.2, 0.25) is 0 Å². The summed E-state index contributed by atoms with van der Waals surface area (Å²) < 4.78 is 46.1. The highest BCUT2D eigenvalue weighted by Gasteiger charge is 2.40. The number of anilines is 1. The molecule has 1 aromatic heterocycles. The van der Waals surface area contributed by atoms with Crippen LogP contribution in [0.2, 0.25) is 0 Å². The molecule has 4 nitrogen and oxygen atoms in total. The molecule has 7 heteroatoms. The van der Waals surface area contributed by atoms with E-state index in [9.17, 15) is 13.2 Å². The third kappa shape index (κ3) is 3.77. The number of hydrogen-bond acceptors (Lipinski definition) is 4. The minimum Gasteiger partial charge on any atom is -0.492 e. The number of aromatic nitrogens is 1. The van der Waals surface area contributed by atoms with Crippen LogP contribution < -0.4 is 16.0 Å². The van der Waals surface area contributed by atoms with Crippen LogP contribution >= 0.6 is 0 Å². The number of hydrazine groups is 1. The third-order valence-electron chi connectivity index (χ3n) is 5.03. The molecule has 3 N–H and O–H groups in total. The molecule has 1 saturated carbocycles. The van der Waals surface area contributed by atoms with Crippen molar-refractivity contribution >= 4 is 5.82 Å². The van der Waals surface area contributed by atoms with Gasteiger partial charge in [0.1, 0.15) is 11.3 Å². The van der Waals surface area contributed by atoms with E-state index in [1.54, 1.807) is 0 Å². The van der Waals surface area contributed by atoms with E-state index in [0.29, 0.717) is 0 Å². The van der Waals surface area contributed by atoms with Crippen molar-refractivity contribution in [1.82, 2.24) is 4.98 Å². The summed E-state index contributed by atoms with van der Waals surface area (Å²) in [6.45, 7) is 0.189. The van der Waals surface area contributed by atoms with Crippen molar-refractivity contribution in [2.24, 2.45) is 5.84 Å². The molecule has 0 radical (unpaired) electrons. The molecular weight excluding hydrogens is 343 g/mol. The summed E-state index contributed by atoms with van der Waals surface area (Å²) in [4.78, 5) is 3.66.